The molecule has 1 heterocycles. The lowest BCUT2D eigenvalue weighted by molar-refractivity contribution is -0.175. The van der Waals surface area contributed by atoms with Crippen molar-refractivity contribution >= 4 is 23.7 Å². The number of hydrogen-bond donors (Lipinski definition) is 0. The van der Waals surface area contributed by atoms with Crippen molar-refractivity contribution in [3.05, 3.63) is 41.0 Å². The molecule has 1 aliphatic rings. The third-order valence-corrected chi connectivity index (χ3v) is 5.60. The molecular weight excluding hydrogens is 416 g/mol. The van der Waals surface area contributed by atoms with E-state index in [4.69, 9.17) is 18.9 Å². The quantitative estimate of drug-likeness (QED) is 0.521. The van der Waals surface area contributed by atoms with Crippen LogP contribution in [-0.2, 0) is 28.5 Å². The number of carbonyl (C=O) groups excluding carboxylic acids is 2. The first-order chi connectivity index (χ1) is 14.4. The van der Waals surface area contributed by atoms with Gasteiger partial charge in [0.05, 0.1) is 22.2 Å². The van der Waals surface area contributed by atoms with Gasteiger partial charge in [-0.05, 0) is 60.6 Å². The zero-order chi connectivity index (χ0) is 23.2. The predicted molar refractivity (Wildman–Crippen MR) is 120 cm³/mol. The van der Waals surface area contributed by atoms with E-state index in [2.05, 4.69) is 0 Å². The van der Waals surface area contributed by atoms with Crippen molar-refractivity contribution in [3.63, 3.8) is 0 Å². The van der Waals surface area contributed by atoms with Gasteiger partial charge in [0.25, 0.3) is 0 Å². The molecule has 1 aliphatic heterocycles. The average molecular weight is 451 g/mol. The highest BCUT2D eigenvalue weighted by Gasteiger charge is 2.37. The second-order valence-corrected chi connectivity index (χ2v) is 10.5. The number of esters is 2. The van der Waals surface area contributed by atoms with Gasteiger partial charge in [-0.3, -0.25) is 9.59 Å². The Balaban J connectivity index is 2.39. The Labute approximate surface area is 189 Å². The molecule has 2 atom stereocenters. The van der Waals surface area contributed by atoms with Gasteiger partial charge in [-0.25, -0.2) is 0 Å². The Morgan fingerprint density at radius 3 is 2.19 bits per heavy atom. The second kappa shape index (κ2) is 10.6. The minimum absolute atomic E-state index is 0.0571. The summed E-state index contributed by atoms with van der Waals surface area (Å²) in [7, 11) is 0. The van der Waals surface area contributed by atoms with Crippen LogP contribution < -0.4 is 0 Å². The molecule has 0 radical (unpaired) electrons. The first-order valence-corrected chi connectivity index (χ1v) is 11.4. The normalized spacial score (nSPS) is 19.6. The van der Waals surface area contributed by atoms with Crippen molar-refractivity contribution in [3.8, 4) is 0 Å². The smallest absolute Gasteiger partial charge is 0.311 e. The highest BCUT2D eigenvalue weighted by atomic mass is 32.2. The van der Waals surface area contributed by atoms with Crippen molar-refractivity contribution in [1.82, 2.24) is 0 Å². The number of benzene rings is 1. The maximum Gasteiger partial charge on any atom is 0.311 e. The van der Waals surface area contributed by atoms with E-state index < -0.39 is 23.2 Å². The van der Waals surface area contributed by atoms with Crippen LogP contribution in [0.25, 0.3) is 0 Å². The van der Waals surface area contributed by atoms with Crippen LogP contribution in [-0.4, -0.2) is 37.5 Å². The van der Waals surface area contributed by atoms with Gasteiger partial charge in [-0.1, -0.05) is 30.0 Å². The molecule has 6 nitrogen and oxygen atoms in total. The fourth-order valence-corrected chi connectivity index (χ4v) is 3.66. The highest BCUT2D eigenvalue weighted by molar-refractivity contribution is 8.03. The van der Waals surface area contributed by atoms with Crippen LogP contribution >= 0.6 is 11.8 Å². The van der Waals surface area contributed by atoms with E-state index in [0.717, 1.165) is 4.90 Å². The summed E-state index contributed by atoms with van der Waals surface area (Å²) in [5, 5.41) is 0. The molecule has 0 saturated carbocycles. The first kappa shape index (κ1) is 25.3. The molecule has 0 spiro atoms. The van der Waals surface area contributed by atoms with Crippen LogP contribution in [0.5, 0.6) is 0 Å². The summed E-state index contributed by atoms with van der Waals surface area (Å²) >= 11 is 1.44. The summed E-state index contributed by atoms with van der Waals surface area (Å²) in [4.78, 5) is 26.7. The van der Waals surface area contributed by atoms with Crippen molar-refractivity contribution < 1.29 is 28.5 Å². The van der Waals surface area contributed by atoms with Crippen molar-refractivity contribution in [2.24, 2.45) is 10.8 Å². The lowest BCUT2D eigenvalue weighted by Crippen LogP contribution is -2.37. The van der Waals surface area contributed by atoms with Gasteiger partial charge in [0.1, 0.15) is 12.7 Å². The fourth-order valence-electron chi connectivity index (χ4n) is 2.61. The molecule has 7 heteroatoms. The Morgan fingerprint density at radius 2 is 1.65 bits per heavy atom. The molecule has 0 unspecified atom stereocenters. The van der Waals surface area contributed by atoms with E-state index in [-0.39, 0.29) is 18.5 Å². The topological polar surface area (TPSA) is 71.1 Å². The summed E-state index contributed by atoms with van der Waals surface area (Å²) in [6.45, 7) is 13.1. The van der Waals surface area contributed by atoms with Crippen LogP contribution in [0.2, 0.25) is 0 Å². The molecule has 31 heavy (non-hydrogen) atoms. The van der Waals surface area contributed by atoms with Crippen molar-refractivity contribution in [1.29, 1.82) is 0 Å². The first-order valence-electron chi connectivity index (χ1n) is 10.5. The number of hydrogen-bond acceptors (Lipinski definition) is 7. The van der Waals surface area contributed by atoms with E-state index in [9.17, 15) is 9.59 Å². The lowest BCUT2D eigenvalue weighted by Gasteiger charge is -2.34. The molecular formula is C24H34O6S. The van der Waals surface area contributed by atoms with E-state index in [1.54, 1.807) is 20.8 Å². The van der Waals surface area contributed by atoms with Gasteiger partial charge >= 0.3 is 11.9 Å². The molecule has 0 N–H and O–H groups in total. The monoisotopic (exact) mass is 450 g/mol. The zero-order valence-corrected chi connectivity index (χ0v) is 20.3. The molecule has 1 aromatic rings. The van der Waals surface area contributed by atoms with E-state index in [1.807, 2.05) is 58.0 Å². The molecule has 0 amide bonds. The Bertz CT molecular complexity index is 789. The molecule has 0 saturated heterocycles. The number of ether oxygens (including phenoxy) is 4. The summed E-state index contributed by atoms with van der Waals surface area (Å²) in [5.41, 5.74) is -1.29. The molecule has 1 aromatic carbocycles. The maximum absolute atomic E-state index is 12.7. The fraction of sp³-hybridized carbons (Fsp3) is 0.583. The number of rotatable bonds is 7. The molecule has 2 rings (SSSR count). The van der Waals surface area contributed by atoms with Gasteiger partial charge in [0.15, 0.2) is 5.76 Å². The van der Waals surface area contributed by atoms with E-state index >= 15 is 0 Å². The van der Waals surface area contributed by atoms with Crippen LogP contribution in [0.15, 0.2) is 45.9 Å². The van der Waals surface area contributed by atoms with Crippen molar-refractivity contribution in [2.75, 3.05) is 13.2 Å². The average Bonchev–Trinajstić information content (AvgIpc) is 2.67. The molecule has 0 bridgehead atoms. The zero-order valence-electron chi connectivity index (χ0n) is 19.5. The SMILES string of the molecule is CCO[C@H]1C[C@@H](OC(=O)C(C)(C)C)C(Sc2ccccc2)=C(COC(=O)C(C)(C)C)O1. The Hall–Kier alpha value is -1.99. The van der Waals surface area contributed by atoms with Gasteiger partial charge < -0.3 is 18.9 Å². The number of carbonyl (C=O) groups is 2. The van der Waals surface area contributed by atoms with Crippen LogP contribution in [0.1, 0.15) is 54.9 Å². The van der Waals surface area contributed by atoms with Crippen LogP contribution in [0.3, 0.4) is 0 Å². The van der Waals surface area contributed by atoms with Gasteiger partial charge in [0.2, 0.25) is 6.29 Å². The van der Waals surface area contributed by atoms with Gasteiger partial charge in [-0.15, -0.1) is 0 Å². The second-order valence-electron chi connectivity index (χ2n) is 9.41. The largest absolute Gasteiger partial charge is 0.464 e. The lowest BCUT2D eigenvalue weighted by atomic mass is 9.97. The summed E-state index contributed by atoms with van der Waals surface area (Å²) in [6.07, 6.45) is -0.793. The Morgan fingerprint density at radius 1 is 1.03 bits per heavy atom. The third kappa shape index (κ3) is 7.58. The number of thioether (sulfide) groups is 1. The maximum atomic E-state index is 12.7. The van der Waals surface area contributed by atoms with Crippen molar-refractivity contribution in [2.45, 2.75) is 72.2 Å². The molecule has 172 valence electrons. The minimum Gasteiger partial charge on any atom is -0.464 e. The van der Waals surface area contributed by atoms with Gasteiger partial charge in [0, 0.05) is 11.5 Å². The highest BCUT2D eigenvalue weighted by Crippen LogP contribution is 2.40. The molecule has 0 fully saturated rings. The van der Waals surface area contributed by atoms with E-state index in [1.165, 1.54) is 11.8 Å². The molecule has 0 aromatic heterocycles. The summed E-state index contributed by atoms with van der Waals surface area (Å²) in [6, 6.07) is 9.74. The van der Waals surface area contributed by atoms with Crippen LogP contribution in [0, 0.1) is 10.8 Å². The van der Waals surface area contributed by atoms with E-state index in [0.29, 0.717) is 23.7 Å². The minimum atomic E-state index is -0.652. The van der Waals surface area contributed by atoms with Gasteiger partial charge in [-0.2, -0.15) is 0 Å². The third-order valence-electron chi connectivity index (χ3n) is 4.38. The molecule has 0 aliphatic carbocycles. The Kier molecular flexibility index (Phi) is 8.60. The van der Waals surface area contributed by atoms with Crippen LogP contribution in [0.4, 0.5) is 0 Å². The standard InChI is InChI=1S/C24H34O6S/c1-8-27-19-14-17(30-22(26)24(5,6)7)20(31-16-12-10-9-11-13-16)18(29-19)15-28-21(25)23(2,3)4/h9-13,17,19H,8,14-15H2,1-7H3/t17-,19-/m1/s1. The predicted octanol–water partition coefficient (Wildman–Crippen LogP) is 5.32. The summed E-state index contributed by atoms with van der Waals surface area (Å²) < 4.78 is 23.2. The summed E-state index contributed by atoms with van der Waals surface area (Å²) in [5.74, 6) is -0.205.